The van der Waals surface area contributed by atoms with E-state index in [2.05, 4.69) is 5.92 Å². The maximum Gasteiger partial charge on any atom is 0.293 e. The van der Waals surface area contributed by atoms with Gasteiger partial charge in [0.05, 0.1) is 11.4 Å². The Labute approximate surface area is 173 Å². The van der Waals surface area contributed by atoms with Gasteiger partial charge in [0.1, 0.15) is 12.4 Å². The number of terminal acetylenes is 1. The van der Waals surface area contributed by atoms with E-state index < -0.39 is 0 Å². The van der Waals surface area contributed by atoms with Gasteiger partial charge in [-0.05, 0) is 51.9 Å². The minimum absolute atomic E-state index is 0.201. The van der Waals surface area contributed by atoms with Crippen LogP contribution in [0.4, 0.5) is 4.79 Å². The SMILES string of the molecule is C#CCOc1ccc(/C=C2/SC(=O)N(Cc3cccc4ccccc34)C2=O)cc1. The number of rotatable bonds is 5. The Bertz CT molecular complexity index is 1150. The summed E-state index contributed by atoms with van der Waals surface area (Å²) in [5, 5.41) is 1.86. The molecule has 1 saturated heterocycles. The molecule has 0 atom stereocenters. The van der Waals surface area contributed by atoms with Crippen LogP contribution in [0.25, 0.3) is 16.8 Å². The predicted molar refractivity (Wildman–Crippen MR) is 116 cm³/mol. The van der Waals surface area contributed by atoms with E-state index >= 15 is 0 Å². The van der Waals surface area contributed by atoms with Crippen LogP contribution in [0, 0.1) is 12.3 Å². The standard InChI is InChI=1S/C24H17NO3S/c1-2-14-28-20-12-10-17(11-13-20)15-22-23(26)25(24(27)29-22)16-19-8-5-7-18-6-3-4-9-21(18)19/h1,3-13,15H,14,16H2/b22-15+. The van der Waals surface area contributed by atoms with E-state index in [4.69, 9.17) is 11.2 Å². The number of fused-ring (bicyclic) bond motifs is 1. The summed E-state index contributed by atoms with van der Waals surface area (Å²) < 4.78 is 5.35. The number of amides is 2. The van der Waals surface area contributed by atoms with Gasteiger partial charge in [-0.25, -0.2) is 0 Å². The summed E-state index contributed by atoms with van der Waals surface area (Å²) in [6, 6.07) is 21.1. The lowest BCUT2D eigenvalue weighted by atomic mass is 10.0. The fourth-order valence-corrected chi connectivity index (χ4v) is 4.01. The van der Waals surface area contributed by atoms with Gasteiger partial charge in [-0.3, -0.25) is 14.5 Å². The first-order valence-corrected chi connectivity index (χ1v) is 9.86. The van der Waals surface area contributed by atoms with Crippen LogP contribution in [0.15, 0.2) is 71.6 Å². The third-order valence-electron chi connectivity index (χ3n) is 4.58. The third-order valence-corrected chi connectivity index (χ3v) is 5.49. The second kappa shape index (κ2) is 8.26. The van der Waals surface area contributed by atoms with Gasteiger partial charge in [0.25, 0.3) is 11.1 Å². The first-order valence-electron chi connectivity index (χ1n) is 9.04. The highest BCUT2D eigenvalue weighted by molar-refractivity contribution is 8.18. The van der Waals surface area contributed by atoms with Crippen molar-refractivity contribution < 1.29 is 14.3 Å². The predicted octanol–water partition coefficient (Wildman–Crippen LogP) is 5.09. The van der Waals surface area contributed by atoms with Gasteiger partial charge in [-0.15, -0.1) is 6.42 Å². The molecule has 2 amide bonds. The number of nitrogens with zero attached hydrogens (tertiary/aromatic N) is 1. The summed E-state index contributed by atoms with van der Waals surface area (Å²) in [6.07, 6.45) is 6.90. The smallest absolute Gasteiger partial charge is 0.293 e. The molecule has 1 fully saturated rings. The summed E-state index contributed by atoms with van der Waals surface area (Å²) in [5.41, 5.74) is 1.76. The number of imide groups is 1. The molecule has 142 valence electrons. The molecule has 0 spiro atoms. The average Bonchev–Trinajstić information content (AvgIpc) is 3.01. The second-order valence-electron chi connectivity index (χ2n) is 6.47. The van der Waals surface area contributed by atoms with Crippen LogP contribution in [0.5, 0.6) is 5.75 Å². The number of ether oxygens (including phenoxy) is 1. The number of thioether (sulfide) groups is 1. The second-order valence-corrected chi connectivity index (χ2v) is 7.46. The molecule has 1 heterocycles. The van der Waals surface area contributed by atoms with E-state index in [1.165, 1.54) is 4.90 Å². The minimum atomic E-state index is -0.277. The normalized spacial score (nSPS) is 15.1. The lowest BCUT2D eigenvalue weighted by molar-refractivity contribution is -0.123. The highest BCUT2D eigenvalue weighted by Crippen LogP contribution is 2.34. The minimum Gasteiger partial charge on any atom is -0.481 e. The van der Waals surface area contributed by atoms with Gasteiger partial charge < -0.3 is 4.74 Å². The summed E-state index contributed by atoms with van der Waals surface area (Å²) in [5.74, 6) is 2.79. The van der Waals surface area contributed by atoms with Gasteiger partial charge in [-0.1, -0.05) is 60.5 Å². The van der Waals surface area contributed by atoms with Crippen LogP contribution in [0.3, 0.4) is 0 Å². The quantitative estimate of drug-likeness (QED) is 0.443. The monoisotopic (exact) mass is 399 g/mol. The molecule has 29 heavy (non-hydrogen) atoms. The van der Waals surface area contributed by atoms with Crippen molar-refractivity contribution in [3.63, 3.8) is 0 Å². The fraction of sp³-hybridized carbons (Fsp3) is 0.0833. The van der Waals surface area contributed by atoms with Crippen LogP contribution in [-0.4, -0.2) is 22.7 Å². The lowest BCUT2D eigenvalue weighted by Crippen LogP contribution is -2.27. The van der Waals surface area contributed by atoms with E-state index in [9.17, 15) is 9.59 Å². The zero-order valence-electron chi connectivity index (χ0n) is 15.5. The van der Waals surface area contributed by atoms with E-state index in [0.29, 0.717) is 10.7 Å². The molecule has 5 heteroatoms. The van der Waals surface area contributed by atoms with Crippen molar-refractivity contribution in [3.05, 3.63) is 82.8 Å². The van der Waals surface area contributed by atoms with Crippen molar-refractivity contribution in [3.8, 4) is 18.1 Å². The van der Waals surface area contributed by atoms with Crippen LogP contribution in [0.1, 0.15) is 11.1 Å². The lowest BCUT2D eigenvalue weighted by Gasteiger charge is -2.14. The van der Waals surface area contributed by atoms with Crippen LogP contribution < -0.4 is 4.74 Å². The highest BCUT2D eigenvalue weighted by atomic mass is 32.2. The number of carbonyl (C=O) groups is 2. The van der Waals surface area contributed by atoms with E-state index in [-0.39, 0.29) is 24.3 Å². The molecule has 0 unspecified atom stereocenters. The van der Waals surface area contributed by atoms with Crippen molar-refractivity contribution in [2.45, 2.75) is 6.54 Å². The molecular formula is C24H17NO3S. The zero-order valence-corrected chi connectivity index (χ0v) is 16.3. The molecule has 0 N–H and O–H groups in total. The van der Waals surface area contributed by atoms with Gasteiger partial charge in [0.2, 0.25) is 0 Å². The Balaban J connectivity index is 1.54. The third kappa shape index (κ3) is 4.03. The fourth-order valence-electron chi connectivity index (χ4n) is 3.17. The Morgan fingerprint density at radius 1 is 1.00 bits per heavy atom. The molecule has 0 aromatic heterocycles. The number of hydrogen-bond donors (Lipinski definition) is 0. The van der Waals surface area contributed by atoms with Gasteiger partial charge >= 0.3 is 0 Å². The number of carbonyl (C=O) groups excluding carboxylic acids is 2. The van der Waals surface area contributed by atoms with E-state index in [1.54, 1.807) is 18.2 Å². The molecule has 1 aliphatic rings. The zero-order chi connectivity index (χ0) is 20.2. The Morgan fingerprint density at radius 2 is 1.76 bits per heavy atom. The van der Waals surface area contributed by atoms with Crippen molar-refractivity contribution in [1.82, 2.24) is 4.90 Å². The van der Waals surface area contributed by atoms with Gasteiger partial charge in [-0.2, -0.15) is 0 Å². The van der Waals surface area contributed by atoms with Gasteiger partial charge in [0.15, 0.2) is 0 Å². The largest absolute Gasteiger partial charge is 0.481 e. The van der Waals surface area contributed by atoms with Crippen molar-refractivity contribution >= 4 is 39.8 Å². The van der Waals surface area contributed by atoms with E-state index in [0.717, 1.165) is 33.7 Å². The topological polar surface area (TPSA) is 46.6 Å². The first-order chi connectivity index (χ1) is 14.2. The molecule has 3 aromatic carbocycles. The maximum absolute atomic E-state index is 12.8. The summed E-state index contributed by atoms with van der Waals surface area (Å²) in [6.45, 7) is 0.453. The molecule has 4 rings (SSSR count). The summed E-state index contributed by atoms with van der Waals surface area (Å²) in [7, 11) is 0. The average molecular weight is 399 g/mol. The summed E-state index contributed by atoms with van der Waals surface area (Å²) in [4.78, 5) is 27.0. The maximum atomic E-state index is 12.8. The van der Waals surface area contributed by atoms with Crippen LogP contribution in [-0.2, 0) is 11.3 Å². The molecule has 0 bridgehead atoms. The molecule has 1 aliphatic heterocycles. The molecule has 0 saturated carbocycles. The molecular weight excluding hydrogens is 382 g/mol. The van der Waals surface area contributed by atoms with Crippen molar-refractivity contribution in [2.24, 2.45) is 0 Å². The number of benzene rings is 3. The van der Waals surface area contributed by atoms with Crippen LogP contribution in [0.2, 0.25) is 0 Å². The molecule has 3 aromatic rings. The molecule has 0 radical (unpaired) electrons. The summed E-state index contributed by atoms with van der Waals surface area (Å²) >= 11 is 0.960. The first kappa shape index (κ1) is 18.9. The molecule has 4 nitrogen and oxygen atoms in total. The molecule has 0 aliphatic carbocycles. The Hall–Kier alpha value is -3.49. The van der Waals surface area contributed by atoms with Crippen molar-refractivity contribution in [1.29, 1.82) is 0 Å². The Kier molecular flexibility index (Phi) is 5.37. The number of hydrogen-bond acceptors (Lipinski definition) is 4. The van der Waals surface area contributed by atoms with Gasteiger partial charge in [0, 0.05) is 0 Å². The van der Waals surface area contributed by atoms with E-state index in [1.807, 2.05) is 54.6 Å². The Morgan fingerprint density at radius 3 is 2.55 bits per heavy atom. The van der Waals surface area contributed by atoms with Crippen molar-refractivity contribution in [2.75, 3.05) is 6.61 Å². The van der Waals surface area contributed by atoms with Crippen LogP contribution >= 0.6 is 11.8 Å². The highest BCUT2D eigenvalue weighted by Gasteiger charge is 2.35.